The van der Waals surface area contributed by atoms with Crippen LogP contribution < -0.4 is 10.6 Å². The molecule has 156 valence electrons. The minimum absolute atomic E-state index is 0.200. The molecule has 4 rings (SSSR count). The van der Waals surface area contributed by atoms with Gasteiger partial charge in [0.25, 0.3) is 5.91 Å². The lowest BCUT2D eigenvalue weighted by Crippen LogP contribution is -2.24. The van der Waals surface area contributed by atoms with Crippen LogP contribution in [-0.4, -0.2) is 26.6 Å². The van der Waals surface area contributed by atoms with E-state index in [1.165, 1.54) is 16.9 Å². The van der Waals surface area contributed by atoms with Gasteiger partial charge in [-0.3, -0.25) is 14.3 Å². The van der Waals surface area contributed by atoms with Crippen molar-refractivity contribution in [3.63, 3.8) is 0 Å². The summed E-state index contributed by atoms with van der Waals surface area (Å²) < 4.78 is 1.58. The predicted molar refractivity (Wildman–Crippen MR) is 122 cm³/mol. The van der Waals surface area contributed by atoms with Gasteiger partial charge in [0.15, 0.2) is 0 Å². The zero-order valence-electron chi connectivity index (χ0n) is 17.1. The molecule has 8 heteroatoms. The van der Waals surface area contributed by atoms with Crippen LogP contribution in [0.25, 0.3) is 10.6 Å². The second kappa shape index (κ2) is 8.93. The number of rotatable bonds is 6. The van der Waals surface area contributed by atoms with Gasteiger partial charge in [-0.1, -0.05) is 35.9 Å². The molecule has 2 aromatic carbocycles. The Morgan fingerprint density at radius 2 is 1.77 bits per heavy atom. The number of thiazole rings is 1. The fraction of sp³-hybridized carbons (Fsp3) is 0.130. The first-order chi connectivity index (χ1) is 15.0. The first kappa shape index (κ1) is 20.5. The molecular formula is C23H21N5O2S. The van der Waals surface area contributed by atoms with Gasteiger partial charge in [-0.25, -0.2) is 4.98 Å². The highest BCUT2D eigenvalue weighted by Gasteiger charge is 2.16. The Morgan fingerprint density at radius 1 is 1.03 bits per heavy atom. The van der Waals surface area contributed by atoms with Crippen LogP contribution in [0.5, 0.6) is 0 Å². The van der Waals surface area contributed by atoms with E-state index in [-0.39, 0.29) is 11.8 Å². The first-order valence-corrected chi connectivity index (χ1v) is 10.6. The summed E-state index contributed by atoms with van der Waals surface area (Å²) in [4.78, 5) is 29.6. The SMILES string of the molecule is Cc1ccc(-c2nc(C(=O)Nc3cccc(NC(=O)C(C)n4cccn4)c3)cs2)cc1. The van der Waals surface area contributed by atoms with Gasteiger partial charge in [-0.15, -0.1) is 11.3 Å². The van der Waals surface area contributed by atoms with E-state index in [1.54, 1.807) is 59.7 Å². The van der Waals surface area contributed by atoms with Gasteiger partial charge in [0.2, 0.25) is 5.91 Å². The molecule has 0 fully saturated rings. The van der Waals surface area contributed by atoms with Crippen molar-refractivity contribution in [2.75, 3.05) is 10.6 Å². The van der Waals surface area contributed by atoms with E-state index in [0.29, 0.717) is 17.1 Å². The molecule has 2 N–H and O–H groups in total. The molecule has 0 aliphatic carbocycles. The van der Waals surface area contributed by atoms with Gasteiger partial charge in [0.1, 0.15) is 16.7 Å². The normalized spacial score (nSPS) is 11.7. The third kappa shape index (κ3) is 4.87. The highest BCUT2D eigenvalue weighted by atomic mass is 32.1. The summed E-state index contributed by atoms with van der Waals surface area (Å²) in [6.45, 7) is 3.79. The van der Waals surface area contributed by atoms with E-state index in [9.17, 15) is 9.59 Å². The Bertz CT molecular complexity index is 1200. The number of anilines is 2. The molecule has 4 aromatic rings. The molecule has 1 unspecified atom stereocenters. The Kier molecular flexibility index (Phi) is 5.90. The number of aryl methyl sites for hydroxylation is 1. The fourth-order valence-electron chi connectivity index (χ4n) is 2.95. The second-order valence-electron chi connectivity index (χ2n) is 7.09. The van der Waals surface area contributed by atoms with Gasteiger partial charge in [-0.2, -0.15) is 5.10 Å². The third-order valence-electron chi connectivity index (χ3n) is 4.72. The molecule has 1 atom stereocenters. The Labute approximate surface area is 183 Å². The Hall–Kier alpha value is -3.78. The van der Waals surface area contributed by atoms with Crippen molar-refractivity contribution in [3.8, 4) is 10.6 Å². The molecule has 7 nitrogen and oxygen atoms in total. The lowest BCUT2D eigenvalue weighted by Gasteiger charge is -2.13. The van der Waals surface area contributed by atoms with Crippen LogP contribution in [0.15, 0.2) is 72.4 Å². The summed E-state index contributed by atoms with van der Waals surface area (Å²) >= 11 is 1.42. The average molecular weight is 432 g/mol. The maximum atomic E-state index is 12.6. The number of hydrogen-bond acceptors (Lipinski definition) is 5. The summed E-state index contributed by atoms with van der Waals surface area (Å²) in [5, 5.41) is 12.3. The number of carbonyl (C=O) groups is 2. The number of carbonyl (C=O) groups excluding carboxylic acids is 2. The maximum Gasteiger partial charge on any atom is 0.275 e. The Balaban J connectivity index is 1.42. The largest absolute Gasteiger partial charge is 0.324 e. The molecular weight excluding hydrogens is 410 g/mol. The Morgan fingerprint density at radius 3 is 2.48 bits per heavy atom. The molecule has 0 aliphatic heterocycles. The van der Waals surface area contributed by atoms with Crippen LogP contribution in [0.4, 0.5) is 11.4 Å². The quantitative estimate of drug-likeness (QED) is 0.460. The number of hydrogen-bond donors (Lipinski definition) is 2. The summed E-state index contributed by atoms with van der Waals surface area (Å²) in [5.41, 5.74) is 3.65. The van der Waals surface area contributed by atoms with Gasteiger partial charge in [0, 0.05) is 34.7 Å². The summed E-state index contributed by atoms with van der Waals surface area (Å²) in [7, 11) is 0. The molecule has 0 saturated heterocycles. The van der Waals surface area contributed by atoms with Crippen LogP contribution in [0.2, 0.25) is 0 Å². The summed E-state index contributed by atoms with van der Waals surface area (Å²) in [6, 6.07) is 16.3. The zero-order chi connectivity index (χ0) is 21.8. The van der Waals surface area contributed by atoms with Crippen molar-refractivity contribution in [2.45, 2.75) is 19.9 Å². The highest BCUT2D eigenvalue weighted by Crippen LogP contribution is 2.25. The van der Waals surface area contributed by atoms with Crippen LogP contribution in [0, 0.1) is 6.92 Å². The first-order valence-electron chi connectivity index (χ1n) is 9.73. The molecule has 2 heterocycles. The predicted octanol–water partition coefficient (Wildman–Crippen LogP) is 4.77. The van der Waals surface area contributed by atoms with E-state index >= 15 is 0 Å². The molecule has 0 radical (unpaired) electrons. The second-order valence-corrected chi connectivity index (χ2v) is 7.95. The molecule has 0 aliphatic rings. The van der Waals surface area contributed by atoms with Crippen molar-refractivity contribution >= 4 is 34.5 Å². The minimum atomic E-state index is -0.455. The zero-order valence-corrected chi connectivity index (χ0v) is 17.9. The molecule has 2 aromatic heterocycles. The number of aromatic nitrogens is 3. The van der Waals surface area contributed by atoms with Crippen molar-refractivity contribution < 1.29 is 9.59 Å². The van der Waals surface area contributed by atoms with E-state index < -0.39 is 6.04 Å². The molecule has 2 amide bonds. The summed E-state index contributed by atoms with van der Waals surface area (Å²) in [6.07, 6.45) is 3.36. The van der Waals surface area contributed by atoms with Crippen LogP contribution in [0.1, 0.15) is 29.0 Å². The van der Waals surface area contributed by atoms with Gasteiger partial charge >= 0.3 is 0 Å². The van der Waals surface area contributed by atoms with E-state index in [2.05, 4.69) is 20.7 Å². The molecule has 0 saturated carbocycles. The van der Waals surface area contributed by atoms with Crippen LogP contribution >= 0.6 is 11.3 Å². The smallest absolute Gasteiger partial charge is 0.275 e. The van der Waals surface area contributed by atoms with Crippen molar-refractivity contribution in [3.05, 3.63) is 83.6 Å². The number of nitrogens with zero attached hydrogens (tertiary/aromatic N) is 3. The standard InChI is InChI=1S/C23H21N5O2S/c1-15-7-9-17(10-8-15)23-27-20(14-31-23)22(30)26-19-6-3-5-18(13-19)25-21(29)16(2)28-12-4-11-24-28/h3-14,16H,1-2H3,(H,25,29)(H,26,30). The molecule has 0 bridgehead atoms. The maximum absolute atomic E-state index is 12.6. The molecule has 0 spiro atoms. The topological polar surface area (TPSA) is 88.9 Å². The average Bonchev–Trinajstić information content (AvgIpc) is 3.46. The number of amides is 2. The highest BCUT2D eigenvalue weighted by molar-refractivity contribution is 7.13. The lowest BCUT2D eigenvalue weighted by atomic mass is 10.2. The van der Waals surface area contributed by atoms with Crippen molar-refractivity contribution in [1.29, 1.82) is 0 Å². The van der Waals surface area contributed by atoms with Gasteiger partial charge in [-0.05, 0) is 38.1 Å². The minimum Gasteiger partial charge on any atom is -0.324 e. The van der Waals surface area contributed by atoms with Crippen LogP contribution in [-0.2, 0) is 4.79 Å². The number of nitrogens with one attached hydrogen (secondary N) is 2. The van der Waals surface area contributed by atoms with Gasteiger partial charge in [0.05, 0.1) is 0 Å². The van der Waals surface area contributed by atoms with Crippen molar-refractivity contribution in [1.82, 2.24) is 14.8 Å². The monoisotopic (exact) mass is 431 g/mol. The third-order valence-corrected chi connectivity index (χ3v) is 5.62. The van der Waals surface area contributed by atoms with Crippen LogP contribution in [0.3, 0.4) is 0 Å². The lowest BCUT2D eigenvalue weighted by molar-refractivity contribution is -0.119. The number of benzene rings is 2. The van der Waals surface area contributed by atoms with E-state index in [1.807, 2.05) is 31.2 Å². The van der Waals surface area contributed by atoms with E-state index in [0.717, 1.165) is 10.6 Å². The van der Waals surface area contributed by atoms with E-state index in [4.69, 9.17) is 0 Å². The fourth-order valence-corrected chi connectivity index (χ4v) is 3.76. The molecule has 31 heavy (non-hydrogen) atoms. The van der Waals surface area contributed by atoms with Crippen molar-refractivity contribution in [2.24, 2.45) is 0 Å². The summed E-state index contributed by atoms with van der Waals surface area (Å²) in [5.74, 6) is -0.502. The van der Waals surface area contributed by atoms with Gasteiger partial charge < -0.3 is 10.6 Å².